The average molecular weight is 269 g/mol. The van der Waals surface area contributed by atoms with Gasteiger partial charge in [0.2, 0.25) is 5.82 Å². The molecule has 0 N–H and O–H groups in total. The maximum absolute atomic E-state index is 13.5. The summed E-state index contributed by atoms with van der Waals surface area (Å²) in [4.78, 5) is 33.1. The van der Waals surface area contributed by atoms with Gasteiger partial charge in [0.1, 0.15) is 11.7 Å². The van der Waals surface area contributed by atoms with Crippen molar-refractivity contribution < 1.29 is 23.6 Å². The van der Waals surface area contributed by atoms with Crippen LogP contribution in [-0.4, -0.2) is 23.3 Å². The molecule has 1 rings (SSSR count). The van der Waals surface area contributed by atoms with E-state index < -0.39 is 34.1 Å². The summed E-state index contributed by atoms with van der Waals surface area (Å²) in [5.41, 5.74) is -1.17. The zero-order valence-electron chi connectivity index (χ0n) is 10.4. The summed E-state index contributed by atoms with van der Waals surface area (Å²) in [7, 11) is 0. The third-order valence-corrected chi connectivity index (χ3v) is 2.44. The minimum Gasteiger partial charge on any atom is -0.465 e. The standard InChI is InChI=1S/C12H12FNO5/c1-3-19-12(16)10(7(2)15)8-5-4-6-9(13)11(8)14(17)18/h4-6,10H,3H2,1-2H3. The zero-order chi connectivity index (χ0) is 14.6. The molecular weight excluding hydrogens is 257 g/mol. The lowest BCUT2D eigenvalue weighted by molar-refractivity contribution is -0.388. The number of halogens is 1. The molecule has 0 bridgehead atoms. The fourth-order valence-corrected chi connectivity index (χ4v) is 1.70. The van der Waals surface area contributed by atoms with Crippen molar-refractivity contribution in [2.75, 3.05) is 6.61 Å². The van der Waals surface area contributed by atoms with E-state index in [1.54, 1.807) is 0 Å². The van der Waals surface area contributed by atoms with E-state index in [1.165, 1.54) is 19.1 Å². The first kappa shape index (κ1) is 14.7. The van der Waals surface area contributed by atoms with E-state index >= 15 is 0 Å². The van der Waals surface area contributed by atoms with Crippen LogP contribution in [0, 0.1) is 15.9 Å². The van der Waals surface area contributed by atoms with Gasteiger partial charge in [-0.3, -0.25) is 19.7 Å². The Morgan fingerprint density at radius 1 is 1.47 bits per heavy atom. The van der Waals surface area contributed by atoms with Crippen LogP contribution in [-0.2, 0) is 14.3 Å². The molecule has 6 nitrogen and oxygen atoms in total. The highest BCUT2D eigenvalue weighted by Crippen LogP contribution is 2.30. The molecule has 0 spiro atoms. The highest BCUT2D eigenvalue weighted by Gasteiger charge is 2.34. The number of hydrogen-bond acceptors (Lipinski definition) is 5. The number of nitro groups is 1. The van der Waals surface area contributed by atoms with Crippen molar-refractivity contribution in [2.24, 2.45) is 0 Å². The van der Waals surface area contributed by atoms with E-state index in [4.69, 9.17) is 0 Å². The fraction of sp³-hybridized carbons (Fsp3) is 0.333. The molecule has 0 aliphatic heterocycles. The van der Waals surface area contributed by atoms with Crippen LogP contribution in [0.5, 0.6) is 0 Å². The summed E-state index contributed by atoms with van der Waals surface area (Å²) in [6, 6.07) is 3.26. The van der Waals surface area contributed by atoms with Gasteiger partial charge < -0.3 is 4.74 Å². The maximum Gasteiger partial charge on any atom is 0.321 e. The molecule has 0 saturated carbocycles. The number of nitrogens with zero attached hydrogens (tertiary/aromatic N) is 1. The largest absolute Gasteiger partial charge is 0.465 e. The van der Waals surface area contributed by atoms with Gasteiger partial charge in [0, 0.05) is 0 Å². The number of ketones is 1. The third-order valence-electron chi connectivity index (χ3n) is 2.44. The molecule has 19 heavy (non-hydrogen) atoms. The molecule has 1 unspecified atom stereocenters. The van der Waals surface area contributed by atoms with Gasteiger partial charge in [-0.05, 0) is 19.9 Å². The summed E-state index contributed by atoms with van der Waals surface area (Å²) in [5, 5.41) is 10.9. The molecular formula is C12H12FNO5. The highest BCUT2D eigenvalue weighted by molar-refractivity contribution is 6.04. The Hall–Kier alpha value is -2.31. The van der Waals surface area contributed by atoms with E-state index in [-0.39, 0.29) is 12.2 Å². The molecule has 0 aliphatic rings. The molecule has 102 valence electrons. The third kappa shape index (κ3) is 3.12. The first-order chi connectivity index (χ1) is 8.90. The normalized spacial score (nSPS) is 11.7. The predicted octanol–water partition coefficient (Wildman–Crippen LogP) is 1.97. The monoisotopic (exact) mass is 269 g/mol. The number of carbonyl (C=O) groups excluding carboxylic acids is 2. The van der Waals surface area contributed by atoms with Gasteiger partial charge in [-0.2, -0.15) is 4.39 Å². The minimum atomic E-state index is -1.49. The Morgan fingerprint density at radius 3 is 2.58 bits per heavy atom. The molecule has 0 fully saturated rings. The number of rotatable bonds is 5. The van der Waals surface area contributed by atoms with Gasteiger partial charge in [-0.25, -0.2) is 0 Å². The summed E-state index contributed by atoms with van der Waals surface area (Å²) < 4.78 is 18.2. The molecule has 0 aromatic heterocycles. The Balaban J connectivity index is 3.39. The summed E-state index contributed by atoms with van der Waals surface area (Å²) in [5.74, 6) is -4.16. The van der Waals surface area contributed by atoms with E-state index in [0.717, 1.165) is 13.0 Å². The number of nitro benzene ring substituents is 1. The molecule has 0 radical (unpaired) electrons. The summed E-state index contributed by atoms with van der Waals surface area (Å²) >= 11 is 0. The van der Waals surface area contributed by atoms with Gasteiger partial charge in [-0.15, -0.1) is 0 Å². The van der Waals surface area contributed by atoms with Gasteiger partial charge in [0.25, 0.3) is 0 Å². The van der Waals surface area contributed by atoms with Crippen molar-refractivity contribution in [3.63, 3.8) is 0 Å². The number of benzene rings is 1. The van der Waals surface area contributed by atoms with Crippen LogP contribution >= 0.6 is 0 Å². The number of Topliss-reactive ketones (excluding diaryl/α,β-unsaturated/α-hetero) is 1. The number of ether oxygens (including phenoxy) is 1. The molecule has 1 atom stereocenters. The Kier molecular flexibility index (Phi) is 4.68. The van der Waals surface area contributed by atoms with Crippen molar-refractivity contribution >= 4 is 17.4 Å². The number of hydrogen-bond donors (Lipinski definition) is 0. The SMILES string of the molecule is CCOC(=O)C(C(C)=O)c1cccc(F)c1[N+](=O)[O-]. The molecule has 0 aliphatic carbocycles. The second kappa shape index (κ2) is 6.03. The summed E-state index contributed by atoms with van der Waals surface area (Å²) in [6.45, 7) is 2.65. The first-order valence-electron chi connectivity index (χ1n) is 5.50. The van der Waals surface area contributed by atoms with E-state index in [2.05, 4.69) is 4.74 Å². The van der Waals surface area contributed by atoms with Gasteiger partial charge in [-0.1, -0.05) is 12.1 Å². The highest BCUT2D eigenvalue weighted by atomic mass is 19.1. The van der Waals surface area contributed by atoms with Crippen LogP contribution in [0.4, 0.5) is 10.1 Å². The quantitative estimate of drug-likeness (QED) is 0.353. The van der Waals surface area contributed by atoms with Crippen LogP contribution in [0.1, 0.15) is 25.3 Å². The van der Waals surface area contributed by atoms with Crippen molar-refractivity contribution in [3.05, 3.63) is 39.7 Å². The van der Waals surface area contributed by atoms with E-state index in [9.17, 15) is 24.1 Å². The predicted molar refractivity (Wildman–Crippen MR) is 63.1 cm³/mol. The second-order valence-corrected chi connectivity index (χ2v) is 3.73. The summed E-state index contributed by atoms with van der Waals surface area (Å²) in [6.07, 6.45) is 0. The lowest BCUT2D eigenvalue weighted by atomic mass is 9.94. The van der Waals surface area contributed by atoms with E-state index in [0.29, 0.717) is 0 Å². The van der Waals surface area contributed by atoms with Crippen LogP contribution in [0.2, 0.25) is 0 Å². The van der Waals surface area contributed by atoms with Crippen molar-refractivity contribution in [3.8, 4) is 0 Å². The molecule has 0 heterocycles. The molecule has 1 aromatic rings. The van der Waals surface area contributed by atoms with Gasteiger partial charge in [0.05, 0.1) is 17.1 Å². The Labute approximate surface area is 108 Å². The van der Waals surface area contributed by atoms with Crippen LogP contribution < -0.4 is 0 Å². The Morgan fingerprint density at radius 2 is 2.11 bits per heavy atom. The number of esters is 1. The van der Waals surface area contributed by atoms with Gasteiger partial charge in [0.15, 0.2) is 0 Å². The first-order valence-corrected chi connectivity index (χ1v) is 5.50. The van der Waals surface area contributed by atoms with Crippen molar-refractivity contribution in [1.29, 1.82) is 0 Å². The molecule has 1 aromatic carbocycles. The maximum atomic E-state index is 13.5. The smallest absolute Gasteiger partial charge is 0.321 e. The lowest BCUT2D eigenvalue weighted by Gasteiger charge is -2.13. The second-order valence-electron chi connectivity index (χ2n) is 3.73. The zero-order valence-corrected chi connectivity index (χ0v) is 10.4. The fourth-order valence-electron chi connectivity index (χ4n) is 1.70. The van der Waals surface area contributed by atoms with E-state index in [1.807, 2.05) is 0 Å². The number of carbonyl (C=O) groups is 2. The number of para-hydroxylation sites is 1. The Bertz CT molecular complexity index is 529. The minimum absolute atomic E-state index is 0.0196. The van der Waals surface area contributed by atoms with Crippen molar-refractivity contribution in [2.45, 2.75) is 19.8 Å². The average Bonchev–Trinajstić information content (AvgIpc) is 2.28. The lowest BCUT2D eigenvalue weighted by Crippen LogP contribution is -2.23. The molecule has 0 amide bonds. The van der Waals surface area contributed by atoms with Crippen LogP contribution in [0.25, 0.3) is 0 Å². The van der Waals surface area contributed by atoms with Gasteiger partial charge >= 0.3 is 11.7 Å². The molecule has 0 saturated heterocycles. The van der Waals surface area contributed by atoms with Crippen molar-refractivity contribution in [1.82, 2.24) is 0 Å². The topological polar surface area (TPSA) is 86.5 Å². The van der Waals surface area contributed by atoms with Crippen LogP contribution in [0.3, 0.4) is 0 Å². The molecule has 7 heteroatoms. The van der Waals surface area contributed by atoms with Crippen LogP contribution in [0.15, 0.2) is 18.2 Å².